The number of likely N-dealkylation sites (N-methyl/N-ethyl adjacent to an activating group) is 1. The van der Waals surface area contributed by atoms with Crippen molar-refractivity contribution in [3.8, 4) is 0 Å². The van der Waals surface area contributed by atoms with Crippen LogP contribution in [0.1, 0.15) is 73.6 Å². The molecule has 232 valence electrons. The molecule has 0 rings (SSSR count). The molecule has 0 saturated heterocycles. The third kappa shape index (κ3) is 14.2. The van der Waals surface area contributed by atoms with Crippen molar-refractivity contribution in [1.82, 2.24) is 9.80 Å². The first kappa shape index (κ1) is 39.0. The molecule has 42 heavy (non-hydrogen) atoms. The Balaban J connectivity index is 6.61. The van der Waals surface area contributed by atoms with Gasteiger partial charge in [0.1, 0.15) is 0 Å². The van der Waals surface area contributed by atoms with Crippen molar-refractivity contribution in [2.45, 2.75) is 73.6 Å². The summed E-state index contributed by atoms with van der Waals surface area (Å²) in [5.41, 5.74) is 8.55. The number of hydrogen-bond acceptors (Lipinski definition) is 3. The molecule has 0 fully saturated rings. The van der Waals surface area contributed by atoms with E-state index in [1.807, 2.05) is 13.0 Å². The molecule has 0 saturated carbocycles. The molecular formula is C38H57ClN2O. The van der Waals surface area contributed by atoms with Gasteiger partial charge in [-0.25, -0.2) is 0 Å². The number of nitrogens with zero attached hydrogens (tertiary/aromatic N) is 2. The number of halogens is 1. The van der Waals surface area contributed by atoms with E-state index in [0.29, 0.717) is 18.9 Å². The zero-order chi connectivity index (χ0) is 31.9. The third-order valence-corrected chi connectivity index (χ3v) is 7.27. The van der Waals surface area contributed by atoms with Gasteiger partial charge in [0.25, 0.3) is 0 Å². The highest BCUT2D eigenvalue weighted by Gasteiger charge is 2.19. The Bertz CT molecular complexity index is 1090. The van der Waals surface area contributed by atoms with Gasteiger partial charge in [0.05, 0.1) is 6.61 Å². The molecule has 0 bridgehead atoms. The van der Waals surface area contributed by atoms with Crippen LogP contribution >= 0.6 is 11.6 Å². The van der Waals surface area contributed by atoms with Crippen LogP contribution in [0.25, 0.3) is 0 Å². The van der Waals surface area contributed by atoms with E-state index in [1.54, 1.807) is 13.2 Å². The van der Waals surface area contributed by atoms with Gasteiger partial charge in [0.2, 0.25) is 0 Å². The van der Waals surface area contributed by atoms with Gasteiger partial charge in [-0.1, -0.05) is 99.9 Å². The Morgan fingerprint density at radius 2 is 1.64 bits per heavy atom. The van der Waals surface area contributed by atoms with Gasteiger partial charge in [0.15, 0.2) is 0 Å². The SMILES string of the molecule is C=C/C=C\C/C=C(\C)N(C(=C)CCC)C(=C)CC(/C(=C\C/C=C\C)C(=C)/C=C\C(=C/C)N(CC)CCOC)=C(/C)CCl. The van der Waals surface area contributed by atoms with Crippen LogP contribution in [0.2, 0.25) is 0 Å². The summed E-state index contributed by atoms with van der Waals surface area (Å²) in [5, 5.41) is 0. The van der Waals surface area contributed by atoms with E-state index in [-0.39, 0.29) is 0 Å². The minimum Gasteiger partial charge on any atom is -0.383 e. The van der Waals surface area contributed by atoms with Crippen LogP contribution in [0.3, 0.4) is 0 Å². The minimum atomic E-state index is 0.429. The van der Waals surface area contributed by atoms with Crippen molar-refractivity contribution in [2.75, 3.05) is 32.7 Å². The molecule has 0 aromatic carbocycles. The lowest BCUT2D eigenvalue weighted by Crippen LogP contribution is -2.25. The first-order valence-corrected chi connectivity index (χ1v) is 15.6. The molecule has 0 aliphatic rings. The van der Waals surface area contributed by atoms with Crippen molar-refractivity contribution in [1.29, 1.82) is 0 Å². The molecular weight excluding hydrogens is 536 g/mol. The van der Waals surface area contributed by atoms with Crippen LogP contribution in [-0.4, -0.2) is 42.5 Å². The summed E-state index contributed by atoms with van der Waals surface area (Å²) in [5.74, 6) is 0.429. The average Bonchev–Trinajstić information content (AvgIpc) is 2.98. The maximum absolute atomic E-state index is 6.49. The topological polar surface area (TPSA) is 15.7 Å². The standard InChI is InChI=1S/C38H57ClN2O/c1-12-17-19-21-23-34(9)41(33(8)22-14-3)35(10)29-38(32(7)30-39)37(24-20-18-13-2)31(6)25-26-36(15-4)40(16-5)27-28-42-11/h12-13,15,17-19,23-26H,1,6,8,10,14,16,20-22,27-30H2,2-5,7,9,11H3/b18-13-,19-17-,26-25-,34-23+,36-15+,37-24-,38-32+. The second kappa shape index (κ2) is 23.5. The lowest BCUT2D eigenvalue weighted by molar-refractivity contribution is 0.168. The van der Waals surface area contributed by atoms with Gasteiger partial charge in [-0.3, -0.25) is 0 Å². The predicted molar refractivity (Wildman–Crippen MR) is 189 cm³/mol. The van der Waals surface area contributed by atoms with Crippen molar-refractivity contribution in [2.24, 2.45) is 0 Å². The highest BCUT2D eigenvalue weighted by atomic mass is 35.5. The maximum atomic E-state index is 6.49. The molecule has 0 unspecified atom stereocenters. The molecule has 0 aromatic heterocycles. The largest absolute Gasteiger partial charge is 0.383 e. The second-order valence-corrected chi connectivity index (χ2v) is 10.4. The molecule has 0 amide bonds. The lowest BCUT2D eigenvalue weighted by atomic mass is 9.90. The van der Waals surface area contributed by atoms with E-state index in [1.165, 1.54) is 0 Å². The number of methoxy groups -OCH3 is 1. The molecule has 4 heteroatoms. The summed E-state index contributed by atoms with van der Waals surface area (Å²) >= 11 is 6.49. The molecule has 0 aromatic rings. The Kier molecular flexibility index (Phi) is 21.9. The Morgan fingerprint density at radius 1 is 0.952 bits per heavy atom. The van der Waals surface area contributed by atoms with Crippen LogP contribution in [-0.2, 0) is 4.74 Å². The third-order valence-electron chi connectivity index (χ3n) is 6.87. The summed E-state index contributed by atoms with van der Waals surface area (Å²) in [6.45, 7) is 32.3. The van der Waals surface area contributed by atoms with E-state index < -0.39 is 0 Å². The molecule has 0 N–H and O–H groups in total. The van der Waals surface area contributed by atoms with Gasteiger partial charge < -0.3 is 14.5 Å². The number of hydrogen-bond donors (Lipinski definition) is 0. The van der Waals surface area contributed by atoms with Crippen molar-refractivity contribution in [3.05, 3.63) is 132 Å². The average molecular weight is 593 g/mol. The van der Waals surface area contributed by atoms with E-state index in [0.717, 1.165) is 83.9 Å². The predicted octanol–water partition coefficient (Wildman–Crippen LogP) is 11.0. The number of alkyl halides is 1. The van der Waals surface area contributed by atoms with Gasteiger partial charge >= 0.3 is 0 Å². The Labute approximate surface area is 264 Å². The highest BCUT2D eigenvalue weighted by Crippen LogP contribution is 2.33. The summed E-state index contributed by atoms with van der Waals surface area (Å²) in [6, 6.07) is 0. The first-order valence-electron chi connectivity index (χ1n) is 15.1. The molecule has 0 heterocycles. The van der Waals surface area contributed by atoms with Crippen LogP contribution < -0.4 is 0 Å². The summed E-state index contributed by atoms with van der Waals surface area (Å²) < 4.78 is 5.32. The van der Waals surface area contributed by atoms with Crippen LogP contribution in [0.4, 0.5) is 0 Å². The maximum Gasteiger partial charge on any atom is 0.0637 e. The van der Waals surface area contributed by atoms with Crippen molar-refractivity contribution >= 4 is 11.6 Å². The van der Waals surface area contributed by atoms with E-state index >= 15 is 0 Å². The summed E-state index contributed by atoms with van der Waals surface area (Å²) in [4.78, 5) is 4.51. The van der Waals surface area contributed by atoms with Crippen molar-refractivity contribution < 1.29 is 4.74 Å². The lowest BCUT2D eigenvalue weighted by Gasteiger charge is -2.31. The zero-order valence-corrected chi connectivity index (χ0v) is 28.4. The van der Waals surface area contributed by atoms with Crippen LogP contribution in [0.5, 0.6) is 0 Å². The highest BCUT2D eigenvalue weighted by molar-refractivity contribution is 6.19. The normalized spacial score (nSPS) is 13.7. The summed E-state index contributed by atoms with van der Waals surface area (Å²) in [7, 11) is 1.74. The number of allylic oxidation sites excluding steroid dienone is 16. The van der Waals surface area contributed by atoms with Crippen LogP contribution in [0, 0.1) is 0 Å². The molecule has 3 nitrogen and oxygen atoms in total. The Morgan fingerprint density at radius 3 is 2.19 bits per heavy atom. The second-order valence-electron chi connectivity index (χ2n) is 10.1. The quantitative estimate of drug-likeness (QED) is 0.0706. The fourth-order valence-corrected chi connectivity index (χ4v) is 4.73. The van der Waals surface area contributed by atoms with Gasteiger partial charge in [0, 0.05) is 55.3 Å². The van der Waals surface area contributed by atoms with Crippen LogP contribution in [0.15, 0.2) is 132 Å². The smallest absolute Gasteiger partial charge is 0.0637 e. The van der Waals surface area contributed by atoms with E-state index in [4.69, 9.17) is 16.3 Å². The molecule has 0 atom stereocenters. The van der Waals surface area contributed by atoms with E-state index in [2.05, 4.69) is 119 Å². The fraction of sp³-hybridized carbons (Fsp3) is 0.421. The molecule has 0 aliphatic heterocycles. The number of rotatable bonds is 22. The minimum absolute atomic E-state index is 0.429. The zero-order valence-electron chi connectivity index (χ0n) is 27.6. The van der Waals surface area contributed by atoms with Gasteiger partial charge in [-0.15, -0.1) is 11.6 Å². The van der Waals surface area contributed by atoms with Gasteiger partial charge in [-0.2, -0.15) is 0 Å². The van der Waals surface area contributed by atoms with Crippen molar-refractivity contribution in [3.63, 3.8) is 0 Å². The van der Waals surface area contributed by atoms with E-state index in [9.17, 15) is 0 Å². The monoisotopic (exact) mass is 592 g/mol. The molecule has 0 spiro atoms. The number of ether oxygens (including phenoxy) is 1. The molecule has 0 aliphatic carbocycles. The Hall–Kier alpha value is -3.01. The fourth-order valence-electron chi connectivity index (χ4n) is 4.57. The van der Waals surface area contributed by atoms with Gasteiger partial charge in [-0.05, 0) is 76.7 Å². The first-order chi connectivity index (χ1) is 20.2. The summed E-state index contributed by atoms with van der Waals surface area (Å²) in [6.07, 6.45) is 25.1. The molecule has 0 radical (unpaired) electrons.